The highest BCUT2D eigenvalue weighted by Crippen LogP contribution is 2.16. The van der Waals surface area contributed by atoms with Gasteiger partial charge in [-0.3, -0.25) is 5.43 Å². The summed E-state index contributed by atoms with van der Waals surface area (Å²) in [5.74, 6) is 0. The molecule has 2 nitrogen and oxygen atoms in total. The second-order valence-electron chi connectivity index (χ2n) is 2.72. The lowest BCUT2D eigenvalue weighted by Gasteiger charge is -2.24. The zero-order valence-corrected chi connectivity index (χ0v) is 9.25. The van der Waals surface area contributed by atoms with E-state index in [2.05, 4.69) is 49.5 Å². The first-order valence-corrected chi connectivity index (χ1v) is 4.82. The number of thiol groups is 2. The fourth-order valence-electron chi connectivity index (χ4n) is 0.709. The molecule has 0 amide bonds. The molecule has 0 atom stereocenters. The maximum atomic E-state index is 4.28. The van der Waals surface area contributed by atoms with E-state index in [0.717, 1.165) is 19.6 Å². The van der Waals surface area contributed by atoms with Crippen LogP contribution in [0.4, 0.5) is 0 Å². The Balaban J connectivity index is 3.51. The summed E-state index contributed by atoms with van der Waals surface area (Å²) >= 11 is 8.56. The predicted molar refractivity (Wildman–Crippen MR) is 57.3 cm³/mol. The Labute approximate surface area is 80.5 Å². The minimum absolute atomic E-state index is 0.234. The van der Waals surface area contributed by atoms with Gasteiger partial charge in [-0.2, -0.15) is 25.3 Å². The SMILES string of the molecule is CCN(CC)NCC(C)(S)S. The van der Waals surface area contributed by atoms with Gasteiger partial charge in [-0.1, -0.05) is 13.8 Å². The molecule has 0 aromatic rings. The highest BCUT2D eigenvalue weighted by atomic mass is 32.2. The van der Waals surface area contributed by atoms with Crippen LogP contribution in [0, 0.1) is 0 Å². The smallest absolute Gasteiger partial charge is 0.0661 e. The molecule has 0 unspecified atom stereocenters. The van der Waals surface area contributed by atoms with Crippen LogP contribution in [0.3, 0.4) is 0 Å². The van der Waals surface area contributed by atoms with E-state index in [1.807, 2.05) is 6.92 Å². The fraction of sp³-hybridized carbons (Fsp3) is 1.00. The van der Waals surface area contributed by atoms with Crippen LogP contribution in [0.15, 0.2) is 0 Å². The molecule has 1 N–H and O–H groups in total. The average Bonchev–Trinajstić information content (AvgIpc) is 1.88. The third-order valence-corrected chi connectivity index (χ3v) is 1.72. The van der Waals surface area contributed by atoms with Crippen LogP contribution in [0.1, 0.15) is 20.8 Å². The normalized spacial score (nSPS) is 12.5. The molecule has 0 radical (unpaired) electrons. The average molecular weight is 194 g/mol. The van der Waals surface area contributed by atoms with Crippen molar-refractivity contribution in [2.24, 2.45) is 0 Å². The minimum atomic E-state index is -0.234. The monoisotopic (exact) mass is 194 g/mol. The van der Waals surface area contributed by atoms with Crippen LogP contribution in [-0.4, -0.2) is 28.7 Å². The topological polar surface area (TPSA) is 15.3 Å². The van der Waals surface area contributed by atoms with Crippen molar-refractivity contribution in [3.8, 4) is 0 Å². The van der Waals surface area contributed by atoms with Gasteiger partial charge in [0.1, 0.15) is 0 Å². The van der Waals surface area contributed by atoms with E-state index in [1.165, 1.54) is 0 Å². The molecule has 0 rings (SSSR count). The molecule has 0 spiro atoms. The Morgan fingerprint density at radius 2 is 1.73 bits per heavy atom. The molecule has 0 saturated heterocycles. The van der Waals surface area contributed by atoms with Gasteiger partial charge < -0.3 is 0 Å². The van der Waals surface area contributed by atoms with Gasteiger partial charge in [-0.25, -0.2) is 5.01 Å². The molecule has 0 aliphatic heterocycles. The number of hydrogen-bond acceptors (Lipinski definition) is 4. The maximum Gasteiger partial charge on any atom is 0.0661 e. The molecule has 0 aliphatic rings. The molecular weight excluding hydrogens is 176 g/mol. The molecule has 0 saturated carbocycles. The van der Waals surface area contributed by atoms with Crippen molar-refractivity contribution in [1.82, 2.24) is 10.4 Å². The highest BCUT2D eigenvalue weighted by Gasteiger charge is 2.12. The van der Waals surface area contributed by atoms with Crippen LogP contribution in [-0.2, 0) is 0 Å². The Kier molecular flexibility index (Phi) is 5.60. The molecule has 0 heterocycles. The van der Waals surface area contributed by atoms with Crippen LogP contribution in [0.25, 0.3) is 0 Å². The summed E-state index contributed by atoms with van der Waals surface area (Å²) in [5, 5.41) is 2.13. The van der Waals surface area contributed by atoms with E-state index >= 15 is 0 Å². The standard InChI is InChI=1S/C7H18N2S2/c1-4-9(5-2)8-6-7(3,10)11/h8,10-11H,4-6H2,1-3H3. The van der Waals surface area contributed by atoms with Crippen LogP contribution >= 0.6 is 25.3 Å². The van der Waals surface area contributed by atoms with Crippen molar-refractivity contribution in [3.05, 3.63) is 0 Å². The van der Waals surface area contributed by atoms with Gasteiger partial charge in [0, 0.05) is 19.6 Å². The van der Waals surface area contributed by atoms with Crippen LogP contribution in [0.2, 0.25) is 0 Å². The third kappa shape index (κ3) is 7.00. The predicted octanol–water partition coefficient (Wildman–Crippen LogP) is 1.41. The first-order valence-electron chi connectivity index (χ1n) is 3.92. The van der Waals surface area contributed by atoms with Crippen molar-refractivity contribution >= 4 is 25.3 Å². The Bertz CT molecular complexity index is 97.1. The zero-order chi connectivity index (χ0) is 8.91. The number of nitrogens with zero attached hydrogens (tertiary/aromatic N) is 1. The van der Waals surface area contributed by atoms with Crippen LogP contribution in [0.5, 0.6) is 0 Å². The summed E-state index contributed by atoms with van der Waals surface area (Å²) in [6, 6.07) is 0. The lowest BCUT2D eigenvalue weighted by Crippen LogP contribution is -2.42. The first kappa shape index (κ1) is 11.6. The van der Waals surface area contributed by atoms with E-state index in [4.69, 9.17) is 0 Å². The molecule has 0 aromatic carbocycles. The molecule has 4 heteroatoms. The summed E-state index contributed by atoms with van der Waals surface area (Å²) in [5.41, 5.74) is 3.24. The fourth-order valence-corrected chi connectivity index (χ4v) is 0.850. The van der Waals surface area contributed by atoms with Crippen molar-refractivity contribution < 1.29 is 0 Å². The second-order valence-corrected chi connectivity index (χ2v) is 5.05. The van der Waals surface area contributed by atoms with E-state index < -0.39 is 0 Å². The Morgan fingerprint density at radius 3 is 2.00 bits per heavy atom. The minimum Gasteiger partial charge on any atom is -0.253 e. The van der Waals surface area contributed by atoms with Crippen LogP contribution < -0.4 is 5.43 Å². The number of hydrogen-bond donors (Lipinski definition) is 3. The molecule has 0 fully saturated rings. The summed E-state index contributed by atoms with van der Waals surface area (Å²) in [6.45, 7) is 8.99. The molecular formula is C7H18N2S2. The second kappa shape index (κ2) is 5.30. The largest absolute Gasteiger partial charge is 0.253 e. The van der Waals surface area contributed by atoms with E-state index in [9.17, 15) is 0 Å². The molecule has 0 bridgehead atoms. The lowest BCUT2D eigenvalue weighted by molar-refractivity contribution is 0.209. The number of hydrazine groups is 1. The molecule has 0 aliphatic carbocycles. The van der Waals surface area contributed by atoms with E-state index in [-0.39, 0.29) is 4.08 Å². The van der Waals surface area contributed by atoms with E-state index in [1.54, 1.807) is 0 Å². The first-order chi connectivity index (χ1) is 4.99. The zero-order valence-electron chi connectivity index (χ0n) is 7.46. The molecule has 11 heavy (non-hydrogen) atoms. The number of nitrogens with one attached hydrogen (secondary N) is 1. The number of rotatable bonds is 5. The van der Waals surface area contributed by atoms with Gasteiger partial charge in [-0.05, 0) is 6.92 Å². The lowest BCUT2D eigenvalue weighted by atomic mass is 10.5. The van der Waals surface area contributed by atoms with Crippen molar-refractivity contribution in [1.29, 1.82) is 0 Å². The van der Waals surface area contributed by atoms with Crippen molar-refractivity contribution in [2.75, 3.05) is 19.6 Å². The van der Waals surface area contributed by atoms with Crippen molar-refractivity contribution in [3.63, 3.8) is 0 Å². The summed E-state index contributed by atoms with van der Waals surface area (Å²) in [7, 11) is 0. The van der Waals surface area contributed by atoms with Gasteiger partial charge in [0.05, 0.1) is 4.08 Å². The maximum absolute atomic E-state index is 4.28. The summed E-state index contributed by atoms with van der Waals surface area (Å²) < 4.78 is -0.234. The van der Waals surface area contributed by atoms with Gasteiger partial charge >= 0.3 is 0 Å². The van der Waals surface area contributed by atoms with Gasteiger partial charge in [0.2, 0.25) is 0 Å². The summed E-state index contributed by atoms with van der Waals surface area (Å²) in [4.78, 5) is 0. The Hall–Kier alpha value is 0.620. The molecule has 0 aromatic heterocycles. The highest BCUT2D eigenvalue weighted by molar-refractivity contribution is 8.00. The third-order valence-electron chi connectivity index (χ3n) is 1.40. The van der Waals surface area contributed by atoms with Gasteiger partial charge in [0.25, 0.3) is 0 Å². The summed E-state index contributed by atoms with van der Waals surface area (Å²) in [6.07, 6.45) is 0. The van der Waals surface area contributed by atoms with Crippen molar-refractivity contribution in [2.45, 2.75) is 24.9 Å². The Morgan fingerprint density at radius 1 is 1.27 bits per heavy atom. The molecule has 68 valence electrons. The van der Waals surface area contributed by atoms with E-state index in [0.29, 0.717) is 0 Å². The van der Waals surface area contributed by atoms with Gasteiger partial charge in [0.15, 0.2) is 0 Å². The van der Waals surface area contributed by atoms with Gasteiger partial charge in [-0.15, -0.1) is 0 Å². The quantitative estimate of drug-likeness (QED) is 0.348.